The first-order chi connectivity index (χ1) is 15.2. The van der Waals surface area contributed by atoms with Crippen molar-refractivity contribution in [1.82, 2.24) is 9.88 Å². The van der Waals surface area contributed by atoms with Gasteiger partial charge in [-0.2, -0.15) is 0 Å². The first-order valence-electron chi connectivity index (χ1n) is 10.4. The number of methoxy groups -OCH3 is 1. The van der Waals surface area contributed by atoms with Crippen molar-refractivity contribution in [2.45, 2.75) is 25.3 Å². The Bertz CT molecular complexity index is 1070. The van der Waals surface area contributed by atoms with E-state index in [-0.39, 0.29) is 11.8 Å². The van der Waals surface area contributed by atoms with Gasteiger partial charge in [0.1, 0.15) is 11.8 Å². The van der Waals surface area contributed by atoms with Crippen molar-refractivity contribution < 1.29 is 14.3 Å². The number of anilines is 1. The van der Waals surface area contributed by atoms with Gasteiger partial charge in [-0.25, -0.2) is 0 Å². The molecule has 1 aliphatic rings. The number of rotatable bonds is 5. The summed E-state index contributed by atoms with van der Waals surface area (Å²) in [6.45, 7) is 0.573. The van der Waals surface area contributed by atoms with Gasteiger partial charge in [0.05, 0.1) is 7.11 Å². The van der Waals surface area contributed by atoms with E-state index in [1.807, 2.05) is 48.5 Å². The molecule has 1 atom stereocenters. The molecule has 2 amide bonds. The summed E-state index contributed by atoms with van der Waals surface area (Å²) in [4.78, 5) is 31.7. The van der Waals surface area contributed by atoms with Crippen molar-refractivity contribution in [3.8, 4) is 16.9 Å². The van der Waals surface area contributed by atoms with Crippen LogP contribution in [0.25, 0.3) is 11.1 Å². The van der Waals surface area contributed by atoms with Crippen LogP contribution in [-0.4, -0.2) is 41.4 Å². The fourth-order valence-electron chi connectivity index (χ4n) is 3.91. The largest absolute Gasteiger partial charge is 0.497 e. The van der Waals surface area contributed by atoms with Crippen LogP contribution in [0.15, 0.2) is 73.1 Å². The Labute approximate surface area is 181 Å². The molecule has 2 heterocycles. The van der Waals surface area contributed by atoms with Gasteiger partial charge in [-0.1, -0.05) is 24.3 Å². The number of aromatic nitrogens is 1. The molecule has 6 heteroatoms. The monoisotopic (exact) mass is 415 g/mol. The molecule has 0 radical (unpaired) electrons. The molecule has 1 fully saturated rings. The van der Waals surface area contributed by atoms with E-state index in [0.29, 0.717) is 24.2 Å². The lowest BCUT2D eigenvalue weighted by Gasteiger charge is -2.34. The van der Waals surface area contributed by atoms with E-state index >= 15 is 0 Å². The molecule has 4 rings (SSSR count). The number of nitrogens with one attached hydrogen (secondary N) is 1. The summed E-state index contributed by atoms with van der Waals surface area (Å²) in [5.41, 5.74) is 3.23. The SMILES string of the molecule is COc1cccc(-c2cccc(NC(=O)[C@@H]3CCCCN3C(=O)c3ccncc3)c2)c1. The predicted molar refractivity (Wildman–Crippen MR) is 120 cm³/mol. The van der Waals surface area contributed by atoms with E-state index in [2.05, 4.69) is 10.3 Å². The van der Waals surface area contributed by atoms with Gasteiger partial charge in [-0.05, 0) is 66.8 Å². The molecule has 6 nitrogen and oxygen atoms in total. The Hall–Kier alpha value is -3.67. The zero-order chi connectivity index (χ0) is 21.6. The van der Waals surface area contributed by atoms with Crippen molar-refractivity contribution in [2.75, 3.05) is 19.0 Å². The summed E-state index contributed by atoms with van der Waals surface area (Å²) >= 11 is 0. The molecule has 0 spiro atoms. The van der Waals surface area contributed by atoms with Crippen LogP contribution in [0.4, 0.5) is 5.69 Å². The van der Waals surface area contributed by atoms with Crippen molar-refractivity contribution in [3.05, 3.63) is 78.6 Å². The number of carbonyl (C=O) groups excluding carboxylic acids is 2. The lowest BCUT2D eigenvalue weighted by atomic mass is 9.99. The first kappa shape index (κ1) is 20.6. The summed E-state index contributed by atoms with van der Waals surface area (Å²) in [5, 5.41) is 3.01. The lowest BCUT2D eigenvalue weighted by molar-refractivity contribution is -0.121. The minimum absolute atomic E-state index is 0.132. The van der Waals surface area contributed by atoms with Gasteiger partial charge in [-0.15, -0.1) is 0 Å². The third-order valence-electron chi connectivity index (χ3n) is 5.53. The molecule has 2 aromatic carbocycles. The number of amides is 2. The first-order valence-corrected chi connectivity index (χ1v) is 10.4. The van der Waals surface area contributed by atoms with Gasteiger partial charge >= 0.3 is 0 Å². The summed E-state index contributed by atoms with van der Waals surface area (Å²) in [5.74, 6) is 0.483. The lowest BCUT2D eigenvalue weighted by Crippen LogP contribution is -2.50. The van der Waals surface area contributed by atoms with Crippen LogP contribution < -0.4 is 10.1 Å². The zero-order valence-corrected chi connectivity index (χ0v) is 17.5. The van der Waals surface area contributed by atoms with Crippen LogP contribution in [0.3, 0.4) is 0 Å². The summed E-state index contributed by atoms with van der Waals surface area (Å²) in [7, 11) is 1.64. The summed E-state index contributed by atoms with van der Waals surface area (Å²) < 4.78 is 5.31. The van der Waals surface area contributed by atoms with Crippen LogP contribution in [0.2, 0.25) is 0 Å². The van der Waals surface area contributed by atoms with E-state index < -0.39 is 6.04 Å². The van der Waals surface area contributed by atoms with E-state index in [9.17, 15) is 9.59 Å². The van der Waals surface area contributed by atoms with Crippen LogP contribution >= 0.6 is 0 Å². The number of hydrogen-bond donors (Lipinski definition) is 1. The highest BCUT2D eigenvalue weighted by molar-refractivity contribution is 6.01. The number of ether oxygens (including phenoxy) is 1. The van der Waals surface area contributed by atoms with Crippen molar-refractivity contribution >= 4 is 17.5 Å². The molecule has 0 aliphatic carbocycles. The van der Waals surface area contributed by atoms with E-state index in [1.165, 1.54) is 0 Å². The second-order valence-corrected chi connectivity index (χ2v) is 7.55. The van der Waals surface area contributed by atoms with Crippen LogP contribution in [0.1, 0.15) is 29.6 Å². The Balaban J connectivity index is 1.52. The maximum absolute atomic E-state index is 13.1. The van der Waals surface area contributed by atoms with Gasteiger partial charge in [-0.3, -0.25) is 14.6 Å². The predicted octanol–water partition coefficient (Wildman–Crippen LogP) is 4.39. The highest BCUT2D eigenvalue weighted by atomic mass is 16.5. The highest BCUT2D eigenvalue weighted by Crippen LogP contribution is 2.27. The number of piperidine rings is 1. The normalized spacial score (nSPS) is 15.9. The van der Waals surface area contributed by atoms with Gasteiger partial charge in [0.15, 0.2) is 0 Å². The quantitative estimate of drug-likeness (QED) is 0.671. The number of benzene rings is 2. The second kappa shape index (κ2) is 9.43. The Kier molecular flexibility index (Phi) is 6.26. The fourth-order valence-corrected chi connectivity index (χ4v) is 3.91. The summed E-state index contributed by atoms with van der Waals surface area (Å²) in [6.07, 6.45) is 5.65. The molecule has 3 aromatic rings. The van der Waals surface area contributed by atoms with Gasteiger partial charge in [0.2, 0.25) is 5.91 Å². The second-order valence-electron chi connectivity index (χ2n) is 7.55. The number of pyridine rings is 1. The average molecular weight is 415 g/mol. The van der Waals surface area contributed by atoms with E-state index in [4.69, 9.17) is 4.74 Å². The summed E-state index contributed by atoms with van der Waals surface area (Å²) in [6, 6.07) is 18.4. The topological polar surface area (TPSA) is 71.5 Å². The van der Waals surface area contributed by atoms with E-state index in [1.54, 1.807) is 36.5 Å². The number of hydrogen-bond acceptors (Lipinski definition) is 4. The Morgan fingerprint density at radius 2 is 1.74 bits per heavy atom. The Morgan fingerprint density at radius 3 is 2.52 bits per heavy atom. The highest BCUT2D eigenvalue weighted by Gasteiger charge is 2.32. The molecule has 0 bridgehead atoms. The minimum Gasteiger partial charge on any atom is -0.497 e. The van der Waals surface area contributed by atoms with Gasteiger partial charge in [0.25, 0.3) is 5.91 Å². The van der Waals surface area contributed by atoms with Gasteiger partial charge < -0.3 is 15.0 Å². The standard InChI is InChI=1S/C25H25N3O3/c1-31-22-9-5-7-20(17-22)19-6-4-8-21(16-19)27-24(29)23-10-2-3-15-28(23)25(30)18-11-13-26-14-12-18/h4-9,11-14,16-17,23H,2-3,10,15H2,1H3,(H,27,29)/t23-/m0/s1. The molecule has 31 heavy (non-hydrogen) atoms. The van der Waals surface area contributed by atoms with Crippen molar-refractivity contribution in [3.63, 3.8) is 0 Å². The molecule has 0 saturated carbocycles. The van der Waals surface area contributed by atoms with Crippen molar-refractivity contribution in [1.29, 1.82) is 0 Å². The molecule has 158 valence electrons. The third kappa shape index (κ3) is 4.74. The van der Waals surface area contributed by atoms with E-state index in [0.717, 1.165) is 29.7 Å². The maximum Gasteiger partial charge on any atom is 0.254 e. The third-order valence-corrected chi connectivity index (χ3v) is 5.53. The average Bonchev–Trinajstić information content (AvgIpc) is 2.84. The minimum atomic E-state index is -0.491. The molecular weight excluding hydrogens is 390 g/mol. The van der Waals surface area contributed by atoms with Crippen LogP contribution in [0, 0.1) is 0 Å². The Morgan fingerprint density at radius 1 is 1.00 bits per heavy atom. The maximum atomic E-state index is 13.1. The number of carbonyl (C=O) groups is 2. The smallest absolute Gasteiger partial charge is 0.254 e. The number of likely N-dealkylation sites (tertiary alicyclic amines) is 1. The molecule has 1 N–H and O–H groups in total. The van der Waals surface area contributed by atoms with Crippen LogP contribution in [0.5, 0.6) is 5.75 Å². The molecule has 1 saturated heterocycles. The molecular formula is C25H25N3O3. The molecule has 0 unspecified atom stereocenters. The van der Waals surface area contributed by atoms with Crippen molar-refractivity contribution in [2.24, 2.45) is 0 Å². The molecule has 1 aromatic heterocycles. The fraction of sp³-hybridized carbons (Fsp3) is 0.240. The van der Waals surface area contributed by atoms with Crippen LogP contribution in [-0.2, 0) is 4.79 Å². The zero-order valence-electron chi connectivity index (χ0n) is 17.5. The molecule has 1 aliphatic heterocycles. The number of nitrogens with zero attached hydrogens (tertiary/aromatic N) is 2. The van der Waals surface area contributed by atoms with Gasteiger partial charge in [0, 0.05) is 30.2 Å².